The van der Waals surface area contributed by atoms with E-state index in [9.17, 15) is 20.0 Å². The van der Waals surface area contributed by atoms with Crippen LogP contribution in [0.3, 0.4) is 0 Å². The second-order valence-corrected chi connectivity index (χ2v) is 2.94. The van der Waals surface area contributed by atoms with Crippen molar-refractivity contribution >= 4 is 11.5 Å². The van der Waals surface area contributed by atoms with Gasteiger partial charge in [0.15, 0.2) is 11.5 Å². The SMILES string of the molecule is CC(=O)c1c(C#N)cc(O)c(O)c1[N+](=O)[O-]. The van der Waals surface area contributed by atoms with Crippen LogP contribution in [0.1, 0.15) is 22.8 Å². The molecule has 0 saturated heterocycles. The van der Waals surface area contributed by atoms with Crippen molar-refractivity contribution in [3.63, 3.8) is 0 Å². The molecule has 7 nitrogen and oxygen atoms in total. The lowest BCUT2D eigenvalue weighted by Crippen LogP contribution is -2.03. The van der Waals surface area contributed by atoms with Crippen molar-refractivity contribution in [3.05, 3.63) is 27.3 Å². The highest BCUT2D eigenvalue weighted by atomic mass is 16.6. The van der Waals surface area contributed by atoms with Gasteiger partial charge in [-0.2, -0.15) is 5.26 Å². The number of ketones is 1. The minimum absolute atomic E-state index is 0.352. The third-order valence-electron chi connectivity index (χ3n) is 1.91. The molecule has 0 fully saturated rings. The Labute approximate surface area is 89.3 Å². The number of hydrogen-bond donors (Lipinski definition) is 2. The van der Waals surface area contributed by atoms with Gasteiger partial charge in [0, 0.05) is 6.07 Å². The molecule has 1 aromatic carbocycles. The number of phenolic OH excluding ortho intramolecular Hbond substituents is 2. The van der Waals surface area contributed by atoms with Crippen LogP contribution < -0.4 is 0 Å². The van der Waals surface area contributed by atoms with Crippen molar-refractivity contribution in [3.8, 4) is 17.6 Å². The van der Waals surface area contributed by atoms with Gasteiger partial charge in [-0.1, -0.05) is 0 Å². The molecule has 0 aromatic heterocycles. The second-order valence-electron chi connectivity index (χ2n) is 2.94. The third-order valence-corrected chi connectivity index (χ3v) is 1.91. The molecule has 0 unspecified atom stereocenters. The molecule has 7 heteroatoms. The molecule has 0 aliphatic heterocycles. The zero-order valence-electron chi connectivity index (χ0n) is 8.09. The molecular weight excluding hydrogens is 216 g/mol. The quantitative estimate of drug-likeness (QED) is 0.334. The first kappa shape index (κ1) is 11.5. The van der Waals surface area contributed by atoms with Crippen molar-refractivity contribution in [1.82, 2.24) is 0 Å². The van der Waals surface area contributed by atoms with Crippen molar-refractivity contribution in [1.29, 1.82) is 5.26 Å². The Morgan fingerprint density at radius 3 is 2.50 bits per heavy atom. The van der Waals surface area contributed by atoms with Crippen LogP contribution in [-0.2, 0) is 0 Å². The number of nitrogens with zero attached hydrogens (tertiary/aromatic N) is 2. The van der Waals surface area contributed by atoms with Gasteiger partial charge in [0.2, 0.25) is 5.75 Å². The maximum absolute atomic E-state index is 11.2. The number of nitriles is 1. The highest BCUT2D eigenvalue weighted by Gasteiger charge is 2.29. The lowest BCUT2D eigenvalue weighted by molar-refractivity contribution is -0.386. The summed E-state index contributed by atoms with van der Waals surface area (Å²) in [5.74, 6) is -2.57. The lowest BCUT2D eigenvalue weighted by atomic mass is 10.0. The molecule has 0 spiro atoms. The smallest absolute Gasteiger partial charge is 0.326 e. The summed E-state index contributed by atoms with van der Waals surface area (Å²) >= 11 is 0. The maximum Gasteiger partial charge on any atom is 0.326 e. The second kappa shape index (κ2) is 3.86. The molecule has 0 bridgehead atoms. The normalized spacial score (nSPS) is 9.50. The maximum atomic E-state index is 11.2. The van der Waals surface area contributed by atoms with Crippen LogP contribution in [0.2, 0.25) is 0 Å². The molecule has 2 N–H and O–H groups in total. The molecule has 0 aliphatic rings. The number of nitro groups is 1. The predicted octanol–water partition coefficient (Wildman–Crippen LogP) is 1.08. The fourth-order valence-electron chi connectivity index (χ4n) is 1.27. The van der Waals surface area contributed by atoms with Crippen LogP contribution in [-0.4, -0.2) is 20.9 Å². The number of Topliss-reactive ketones (excluding diaryl/α,β-unsaturated/α-hetero) is 1. The van der Waals surface area contributed by atoms with Crippen molar-refractivity contribution in [2.24, 2.45) is 0 Å². The Kier molecular flexibility index (Phi) is 2.76. The van der Waals surface area contributed by atoms with Gasteiger partial charge in [-0.05, 0) is 6.92 Å². The summed E-state index contributed by atoms with van der Waals surface area (Å²) in [5, 5.41) is 37.7. The van der Waals surface area contributed by atoms with Crippen LogP contribution in [0.5, 0.6) is 11.5 Å². The summed E-state index contributed by atoms with van der Waals surface area (Å²) in [6, 6.07) is 2.35. The van der Waals surface area contributed by atoms with Crippen LogP contribution in [0, 0.1) is 21.4 Å². The van der Waals surface area contributed by atoms with Crippen LogP contribution in [0.4, 0.5) is 5.69 Å². The van der Waals surface area contributed by atoms with Gasteiger partial charge in [-0.25, -0.2) is 0 Å². The summed E-state index contributed by atoms with van der Waals surface area (Å²) in [4.78, 5) is 20.8. The van der Waals surface area contributed by atoms with E-state index in [4.69, 9.17) is 10.4 Å². The molecule has 0 amide bonds. The Bertz CT molecular complexity index is 530. The Morgan fingerprint density at radius 1 is 1.56 bits per heavy atom. The Balaban J connectivity index is 3.80. The minimum Gasteiger partial charge on any atom is -0.504 e. The first-order valence-electron chi connectivity index (χ1n) is 4.04. The summed E-state index contributed by atoms with van der Waals surface area (Å²) in [7, 11) is 0. The van der Waals surface area contributed by atoms with Crippen molar-refractivity contribution in [2.45, 2.75) is 6.92 Å². The van der Waals surface area contributed by atoms with E-state index in [2.05, 4.69) is 0 Å². The van der Waals surface area contributed by atoms with E-state index in [-0.39, 0.29) is 5.56 Å². The van der Waals surface area contributed by atoms with Crippen molar-refractivity contribution < 1.29 is 19.9 Å². The summed E-state index contributed by atoms with van der Waals surface area (Å²) in [6.07, 6.45) is 0. The molecule has 0 aliphatic carbocycles. The summed E-state index contributed by atoms with van der Waals surface area (Å²) in [5.41, 5.74) is -1.82. The van der Waals surface area contributed by atoms with Gasteiger partial charge in [-0.3, -0.25) is 14.9 Å². The monoisotopic (exact) mass is 222 g/mol. The average Bonchev–Trinajstić information content (AvgIpc) is 2.19. The third kappa shape index (κ3) is 1.64. The largest absolute Gasteiger partial charge is 0.504 e. The van der Waals surface area contributed by atoms with Crippen LogP contribution >= 0.6 is 0 Å². The highest BCUT2D eigenvalue weighted by molar-refractivity contribution is 6.02. The summed E-state index contributed by atoms with van der Waals surface area (Å²) in [6.45, 7) is 1.03. The number of phenols is 2. The fourth-order valence-corrected chi connectivity index (χ4v) is 1.27. The highest BCUT2D eigenvalue weighted by Crippen LogP contribution is 2.39. The molecule has 0 radical (unpaired) electrons. The van der Waals surface area contributed by atoms with E-state index in [0.717, 1.165) is 13.0 Å². The lowest BCUT2D eigenvalue weighted by Gasteiger charge is -2.05. The first-order valence-corrected chi connectivity index (χ1v) is 4.04. The number of carbonyl (C=O) groups is 1. The molecule has 1 aromatic rings. The Morgan fingerprint density at radius 2 is 2.12 bits per heavy atom. The molecule has 0 heterocycles. The van der Waals surface area contributed by atoms with Gasteiger partial charge in [0.1, 0.15) is 11.6 Å². The van der Waals surface area contributed by atoms with Gasteiger partial charge in [0.05, 0.1) is 10.5 Å². The number of carbonyl (C=O) groups excluding carboxylic acids is 1. The number of benzene rings is 1. The number of nitro benzene ring substituents is 1. The zero-order chi connectivity index (χ0) is 12.5. The summed E-state index contributed by atoms with van der Waals surface area (Å²) < 4.78 is 0. The number of rotatable bonds is 2. The van der Waals surface area contributed by atoms with Crippen LogP contribution in [0.25, 0.3) is 0 Å². The van der Waals surface area contributed by atoms with E-state index in [1.807, 2.05) is 0 Å². The van der Waals surface area contributed by atoms with E-state index in [0.29, 0.717) is 0 Å². The average molecular weight is 222 g/mol. The number of aromatic hydroxyl groups is 2. The van der Waals surface area contributed by atoms with Gasteiger partial charge < -0.3 is 10.2 Å². The fraction of sp³-hybridized carbons (Fsp3) is 0.111. The minimum atomic E-state index is -1.02. The Hall–Kier alpha value is -2.62. The molecule has 1 rings (SSSR count). The van der Waals surface area contributed by atoms with Gasteiger partial charge in [0.25, 0.3) is 0 Å². The van der Waals surface area contributed by atoms with E-state index in [1.54, 1.807) is 6.07 Å². The molecule has 16 heavy (non-hydrogen) atoms. The topological polar surface area (TPSA) is 124 Å². The van der Waals surface area contributed by atoms with Gasteiger partial charge in [-0.15, -0.1) is 0 Å². The molecular formula is C9H6N2O5. The number of hydrogen-bond acceptors (Lipinski definition) is 6. The van der Waals surface area contributed by atoms with Gasteiger partial charge >= 0.3 is 5.69 Å². The molecule has 0 atom stereocenters. The van der Waals surface area contributed by atoms with Crippen molar-refractivity contribution in [2.75, 3.05) is 0 Å². The van der Waals surface area contributed by atoms with E-state index >= 15 is 0 Å². The predicted molar refractivity (Wildman–Crippen MR) is 51.1 cm³/mol. The zero-order valence-corrected chi connectivity index (χ0v) is 8.09. The van der Waals surface area contributed by atoms with E-state index < -0.39 is 33.5 Å². The van der Waals surface area contributed by atoms with E-state index in [1.165, 1.54) is 0 Å². The standard InChI is InChI=1S/C9H6N2O5/c1-4(12)7-5(3-10)2-6(13)9(14)8(7)11(15)16/h2,13-14H,1H3. The van der Waals surface area contributed by atoms with Crippen LogP contribution in [0.15, 0.2) is 6.07 Å². The molecule has 82 valence electrons. The molecule has 0 saturated carbocycles. The first-order chi connectivity index (χ1) is 7.40.